The van der Waals surface area contributed by atoms with Gasteiger partial charge in [0.05, 0.1) is 34.6 Å². The predicted octanol–water partition coefficient (Wildman–Crippen LogP) is 2.69. The number of nitrogens with zero attached hydrogens (tertiary/aromatic N) is 4. The molecule has 0 saturated carbocycles. The van der Waals surface area contributed by atoms with E-state index in [0.29, 0.717) is 35.5 Å². The average molecular weight is 447 g/mol. The second-order valence-electron chi connectivity index (χ2n) is 7.70. The summed E-state index contributed by atoms with van der Waals surface area (Å²) in [5.74, 6) is -0.730. The Morgan fingerprint density at radius 1 is 1.31 bits per heavy atom. The van der Waals surface area contributed by atoms with Crippen LogP contribution in [0.15, 0.2) is 49.2 Å². The molecule has 0 aliphatic carbocycles. The van der Waals surface area contributed by atoms with Crippen LogP contribution in [0.4, 0.5) is 18.9 Å². The molecule has 168 valence electrons. The van der Waals surface area contributed by atoms with Gasteiger partial charge in [-0.15, -0.1) is 13.2 Å². The molecule has 1 fully saturated rings. The van der Waals surface area contributed by atoms with Crippen molar-refractivity contribution in [2.45, 2.75) is 25.4 Å². The zero-order valence-electron chi connectivity index (χ0n) is 17.1. The lowest BCUT2D eigenvalue weighted by atomic mass is 9.95. The molecular formula is C21H20F3N5O3. The molecule has 3 aromatic rings. The molecule has 0 atom stereocenters. The highest BCUT2D eigenvalue weighted by Crippen LogP contribution is 2.35. The number of pyridine rings is 1. The number of aromatic nitrogens is 3. The van der Waals surface area contributed by atoms with E-state index in [2.05, 4.69) is 26.7 Å². The van der Waals surface area contributed by atoms with Crippen molar-refractivity contribution in [3.05, 3.63) is 54.9 Å². The van der Waals surface area contributed by atoms with Crippen LogP contribution >= 0.6 is 0 Å². The van der Waals surface area contributed by atoms with Gasteiger partial charge in [0.15, 0.2) is 5.65 Å². The Balaban J connectivity index is 1.76. The van der Waals surface area contributed by atoms with E-state index in [4.69, 9.17) is 0 Å². The van der Waals surface area contributed by atoms with Crippen molar-refractivity contribution in [2.75, 3.05) is 18.0 Å². The summed E-state index contributed by atoms with van der Waals surface area (Å²) in [5.41, 5.74) is 1.41. The van der Waals surface area contributed by atoms with Crippen LogP contribution in [0.3, 0.4) is 0 Å². The number of anilines is 1. The lowest BCUT2D eigenvalue weighted by Gasteiger charge is -2.46. The van der Waals surface area contributed by atoms with Crippen molar-refractivity contribution in [1.29, 1.82) is 0 Å². The molecule has 1 aromatic carbocycles. The number of hydrogen-bond donors (Lipinski definition) is 2. The standard InChI is InChI=1S/C21H20F3N5O3/c1-3-17(30)26-10-15-18-16(28-11-20(2,31)12-28)8-9-25-19(18)29(27-15)13-4-6-14(7-5-13)32-21(22,23)24/h3-9,31H,1,10-12H2,2H3,(H,26,30). The van der Waals surface area contributed by atoms with E-state index in [1.807, 2.05) is 4.90 Å². The van der Waals surface area contributed by atoms with Gasteiger partial charge in [0.1, 0.15) is 5.75 Å². The maximum absolute atomic E-state index is 12.5. The minimum absolute atomic E-state index is 0.0898. The fraction of sp³-hybridized carbons (Fsp3) is 0.286. The molecule has 0 bridgehead atoms. The Labute approximate surface area is 180 Å². The summed E-state index contributed by atoms with van der Waals surface area (Å²) in [6, 6.07) is 7.03. The minimum Gasteiger partial charge on any atom is -0.406 e. The van der Waals surface area contributed by atoms with Crippen LogP contribution in [-0.2, 0) is 11.3 Å². The zero-order chi connectivity index (χ0) is 23.1. The fourth-order valence-corrected chi connectivity index (χ4v) is 3.64. The summed E-state index contributed by atoms with van der Waals surface area (Å²) < 4.78 is 42.8. The molecule has 0 spiro atoms. The SMILES string of the molecule is C=CC(=O)NCc1nn(-c2ccc(OC(F)(F)F)cc2)c2nccc(N3CC(C)(O)C3)c12. The smallest absolute Gasteiger partial charge is 0.406 e. The number of alkyl halides is 3. The normalized spacial score (nSPS) is 15.3. The number of ether oxygens (including phenoxy) is 1. The van der Waals surface area contributed by atoms with Gasteiger partial charge in [-0.3, -0.25) is 4.79 Å². The lowest BCUT2D eigenvalue weighted by Crippen LogP contribution is -2.60. The molecule has 32 heavy (non-hydrogen) atoms. The Bertz CT molecular complexity index is 1160. The van der Waals surface area contributed by atoms with E-state index in [1.165, 1.54) is 28.9 Å². The number of carbonyl (C=O) groups is 1. The van der Waals surface area contributed by atoms with Gasteiger partial charge >= 0.3 is 6.36 Å². The summed E-state index contributed by atoms with van der Waals surface area (Å²) in [5, 5.41) is 18.1. The topological polar surface area (TPSA) is 92.5 Å². The molecule has 2 aromatic heterocycles. The number of rotatable bonds is 6. The number of β-amino-alcohol motifs (C(OH)–C–C–N with tert-alkyl or cyclic N) is 1. The molecule has 8 nitrogen and oxygen atoms in total. The van der Waals surface area contributed by atoms with Crippen LogP contribution in [0.25, 0.3) is 16.7 Å². The largest absolute Gasteiger partial charge is 0.573 e. The molecule has 2 N–H and O–H groups in total. The first-order chi connectivity index (χ1) is 15.1. The minimum atomic E-state index is -4.79. The Morgan fingerprint density at radius 2 is 2.00 bits per heavy atom. The van der Waals surface area contributed by atoms with E-state index in [-0.39, 0.29) is 18.2 Å². The van der Waals surface area contributed by atoms with Gasteiger partial charge in [-0.05, 0) is 43.3 Å². The number of carbonyl (C=O) groups excluding carboxylic acids is 1. The van der Waals surface area contributed by atoms with Crippen LogP contribution < -0.4 is 15.0 Å². The van der Waals surface area contributed by atoms with Crippen LogP contribution in [-0.4, -0.2) is 50.8 Å². The molecule has 4 rings (SSSR count). The van der Waals surface area contributed by atoms with E-state index >= 15 is 0 Å². The molecule has 0 unspecified atom stereocenters. The maximum atomic E-state index is 12.5. The quantitative estimate of drug-likeness (QED) is 0.565. The third-order valence-corrected chi connectivity index (χ3v) is 4.95. The molecular weight excluding hydrogens is 427 g/mol. The van der Waals surface area contributed by atoms with Gasteiger partial charge in [-0.1, -0.05) is 6.58 Å². The number of nitrogens with one attached hydrogen (secondary N) is 1. The second-order valence-corrected chi connectivity index (χ2v) is 7.70. The van der Waals surface area contributed by atoms with Crippen LogP contribution in [0, 0.1) is 0 Å². The van der Waals surface area contributed by atoms with E-state index < -0.39 is 12.0 Å². The van der Waals surface area contributed by atoms with Gasteiger partial charge in [-0.25, -0.2) is 9.67 Å². The first kappa shape index (κ1) is 21.6. The Morgan fingerprint density at radius 3 is 2.59 bits per heavy atom. The van der Waals surface area contributed by atoms with Gasteiger partial charge in [0, 0.05) is 19.3 Å². The third-order valence-electron chi connectivity index (χ3n) is 4.95. The molecule has 3 heterocycles. The van der Waals surface area contributed by atoms with Crippen LogP contribution in [0.1, 0.15) is 12.6 Å². The van der Waals surface area contributed by atoms with Crippen LogP contribution in [0.5, 0.6) is 5.75 Å². The van der Waals surface area contributed by atoms with Crippen molar-refractivity contribution in [1.82, 2.24) is 20.1 Å². The van der Waals surface area contributed by atoms with Crippen molar-refractivity contribution >= 4 is 22.6 Å². The van der Waals surface area contributed by atoms with Gasteiger partial charge < -0.3 is 20.1 Å². The Kier molecular flexibility index (Phi) is 5.29. The first-order valence-corrected chi connectivity index (χ1v) is 9.67. The molecule has 1 aliphatic rings. The van der Waals surface area contributed by atoms with E-state index in [1.54, 1.807) is 19.2 Å². The van der Waals surface area contributed by atoms with Crippen molar-refractivity contribution in [3.63, 3.8) is 0 Å². The predicted molar refractivity (Wildman–Crippen MR) is 110 cm³/mol. The number of benzene rings is 1. The highest BCUT2D eigenvalue weighted by atomic mass is 19.4. The van der Waals surface area contributed by atoms with Crippen molar-refractivity contribution < 1.29 is 27.8 Å². The number of amides is 1. The highest BCUT2D eigenvalue weighted by Gasteiger charge is 2.38. The van der Waals surface area contributed by atoms with E-state index in [0.717, 1.165) is 11.8 Å². The molecule has 1 saturated heterocycles. The molecule has 11 heteroatoms. The highest BCUT2D eigenvalue weighted by molar-refractivity contribution is 5.94. The first-order valence-electron chi connectivity index (χ1n) is 9.67. The number of hydrogen-bond acceptors (Lipinski definition) is 6. The van der Waals surface area contributed by atoms with Crippen molar-refractivity contribution in [3.8, 4) is 11.4 Å². The summed E-state index contributed by atoms with van der Waals surface area (Å²) in [6.07, 6.45) is -2.05. The molecule has 1 amide bonds. The zero-order valence-corrected chi connectivity index (χ0v) is 17.1. The third kappa shape index (κ3) is 4.37. The Hall–Kier alpha value is -3.60. The summed E-state index contributed by atoms with van der Waals surface area (Å²) >= 11 is 0. The second kappa shape index (κ2) is 7.83. The van der Waals surface area contributed by atoms with Gasteiger partial charge in [-0.2, -0.15) is 5.10 Å². The number of aliphatic hydroxyl groups is 1. The summed E-state index contributed by atoms with van der Waals surface area (Å²) in [6.45, 7) is 6.09. The maximum Gasteiger partial charge on any atom is 0.573 e. The van der Waals surface area contributed by atoms with Gasteiger partial charge in [0.25, 0.3) is 0 Å². The number of halogens is 3. The van der Waals surface area contributed by atoms with Crippen LogP contribution in [0.2, 0.25) is 0 Å². The van der Waals surface area contributed by atoms with Gasteiger partial charge in [0.2, 0.25) is 5.91 Å². The average Bonchev–Trinajstić information content (AvgIpc) is 3.08. The number of fused-ring (bicyclic) bond motifs is 1. The fourth-order valence-electron chi connectivity index (χ4n) is 3.64. The summed E-state index contributed by atoms with van der Waals surface area (Å²) in [4.78, 5) is 18.1. The molecule has 1 aliphatic heterocycles. The van der Waals surface area contributed by atoms with E-state index in [9.17, 15) is 23.1 Å². The lowest BCUT2D eigenvalue weighted by molar-refractivity contribution is -0.274. The van der Waals surface area contributed by atoms with Crippen molar-refractivity contribution in [2.24, 2.45) is 0 Å². The summed E-state index contributed by atoms with van der Waals surface area (Å²) in [7, 11) is 0. The monoisotopic (exact) mass is 447 g/mol. The molecule has 0 radical (unpaired) electrons.